The molecule has 1 aromatic carbocycles. The molecular weight excluding hydrogens is 340 g/mol. The van der Waals surface area contributed by atoms with E-state index in [4.69, 9.17) is 16.3 Å². The number of halogens is 2. The Balaban J connectivity index is 2.29. The molecule has 0 saturated carbocycles. The molecule has 2 rings (SSSR count). The van der Waals surface area contributed by atoms with E-state index in [1.54, 1.807) is 12.3 Å². The lowest BCUT2D eigenvalue weighted by molar-refractivity contribution is 0.444. The van der Waals surface area contributed by atoms with Crippen molar-refractivity contribution in [1.29, 1.82) is 0 Å². The van der Waals surface area contributed by atoms with E-state index in [0.717, 1.165) is 16.6 Å². The molecule has 1 N–H and O–H groups in total. The molecule has 20 heavy (non-hydrogen) atoms. The van der Waals surface area contributed by atoms with Crippen LogP contribution in [0.3, 0.4) is 0 Å². The summed E-state index contributed by atoms with van der Waals surface area (Å²) in [6.07, 6.45) is 1.71. The number of aromatic nitrogens is 1. The smallest absolute Gasteiger partial charge is 0.224 e. The Labute approximate surface area is 132 Å². The van der Waals surface area contributed by atoms with E-state index in [1.165, 1.54) is 0 Å². The monoisotopic (exact) mass is 354 g/mol. The van der Waals surface area contributed by atoms with Gasteiger partial charge in [0.1, 0.15) is 5.75 Å². The molecule has 0 aliphatic heterocycles. The Kier molecular flexibility index (Phi) is 5.40. The molecule has 3 nitrogen and oxygen atoms in total. The van der Waals surface area contributed by atoms with Crippen LogP contribution in [0, 0.1) is 0 Å². The predicted molar refractivity (Wildman–Crippen MR) is 85.6 cm³/mol. The largest absolute Gasteiger partial charge is 0.437 e. The number of hydrogen-bond donors (Lipinski definition) is 1. The first kappa shape index (κ1) is 15.3. The van der Waals surface area contributed by atoms with Gasteiger partial charge < -0.3 is 10.1 Å². The summed E-state index contributed by atoms with van der Waals surface area (Å²) in [6.45, 7) is 5.03. The topological polar surface area (TPSA) is 34.2 Å². The molecule has 1 unspecified atom stereocenters. The van der Waals surface area contributed by atoms with Crippen molar-refractivity contribution >= 4 is 27.5 Å². The highest BCUT2D eigenvalue weighted by molar-refractivity contribution is 9.10. The standard InChI is InChI=1S/C15H16BrClN2O/c1-3-18-10(2)12-5-4-8-19-15(12)20-14-7-6-11(16)9-13(14)17/h4-10,18H,3H2,1-2H3. The van der Waals surface area contributed by atoms with Crippen LogP contribution in [0.1, 0.15) is 25.5 Å². The third kappa shape index (κ3) is 3.72. The zero-order chi connectivity index (χ0) is 14.5. The van der Waals surface area contributed by atoms with Gasteiger partial charge in [0.05, 0.1) is 5.02 Å². The molecular formula is C15H16BrClN2O. The van der Waals surface area contributed by atoms with Crippen LogP contribution in [0.4, 0.5) is 0 Å². The third-order valence-corrected chi connectivity index (χ3v) is 3.67. The van der Waals surface area contributed by atoms with Crippen LogP contribution < -0.4 is 10.1 Å². The van der Waals surface area contributed by atoms with Gasteiger partial charge in [-0.2, -0.15) is 0 Å². The zero-order valence-electron chi connectivity index (χ0n) is 11.4. The van der Waals surface area contributed by atoms with Gasteiger partial charge in [0.15, 0.2) is 0 Å². The molecule has 0 fully saturated rings. The minimum Gasteiger partial charge on any atom is -0.437 e. The molecule has 1 aromatic heterocycles. The number of nitrogens with one attached hydrogen (secondary N) is 1. The van der Waals surface area contributed by atoms with Crippen molar-refractivity contribution in [2.45, 2.75) is 19.9 Å². The average molecular weight is 356 g/mol. The van der Waals surface area contributed by atoms with Crippen molar-refractivity contribution in [1.82, 2.24) is 10.3 Å². The lowest BCUT2D eigenvalue weighted by Gasteiger charge is -2.16. The van der Waals surface area contributed by atoms with Crippen LogP contribution in [0.5, 0.6) is 11.6 Å². The van der Waals surface area contributed by atoms with E-state index in [-0.39, 0.29) is 6.04 Å². The fraction of sp³-hybridized carbons (Fsp3) is 0.267. The Morgan fingerprint density at radius 3 is 2.90 bits per heavy atom. The molecule has 106 valence electrons. The SMILES string of the molecule is CCNC(C)c1cccnc1Oc1ccc(Br)cc1Cl. The maximum Gasteiger partial charge on any atom is 0.224 e. The molecule has 0 amide bonds. The van der Waals surface area contributed by atoms with E-state index in [0.29, 0.717) is 16.7 Å². The van der Waals surface area contributed by atoms with Gasteiger partial charge in [-0.1, -0.05) is 40.5 Å². The summed E-state index contributed by atoms with van der Waals surface area (Å²) in [5.41, 5.74) is 1.01. The number of nitrogens with zero attached hydrogens (tertiary/aromatic N) is 1. The molecule has 2 aromatic rings. The van der Waals surface area contributed by atoms with Crippen LogP contribution in [-0.4, -0.2) is 11.5 Å². The highest BCUT2D eigenvalue weighted by Crippen LogP contribution is 2.33. The van der Waals surface area contributed by atoms with Gasteiger partial charge in [-0.3, -0.25) is 0 Å². The van der Waals surface area contributed by atoms with Gasteiger partial charge in [0.2, 0.25) is 5.88 Å². The van der Waals surface area contributed by atoms with Crippen LogP contribution in [0.2, 0.25) is 5.02 Å². The summed E-state index contributed by atoms with van der Waals surface area (Å²) in [6, 6.07) is 9.58. The minimum absolute atomic E-state index is 0.165. The number of rotatable bonds is 5. The van der Waals surface area contributed by atoms with E-state index in [2.05, 4.69) is 40.1 Å². The predicted octanol–water partition coefficient (Wildman–Crippen LogP) is 4.96. The van der Waals surface area contributed by atoms with Crippen molar-refractivity contribution in [2.75, 3.05) is 6.54 Å². The maximum absolute atomic E-state index is 6.17. The maximum atomic E-state index is 6.17. The van der Waals surface area contributed by atoms with Crippen LogP contribution in [0.25, 0.3) is 0 Å². The summed E-state index contributed by atoms with van der Waals surface area (Å²) >= 11 is 9.55. The number of ether oxygens (including phenoxy) is 1. The van der Waals surface area contributed by atoms with Gasteiger partial charge in [-0.25, -0.2) is 4.98 Å². The van der Waals surface area contributed by atoms with Crippen molar-refractivity contribution in [3.8, 4) is 11.6 Å². The van der Waals surface area contributed by atoms with Gasteiger partial charge in [0.25, 0.3) is 0 Å². The Hall–Kier alpha value is -1.10. The summed E-state index contributed by atoms with van der Waals surface area (Å²) in [7, 11) is 0. The molecule has 0 radical (unpaired) electrons. The first-order valence-corrected chi connectivity index (χ1v) is 7.60. The van der Waals surface area contributed by atoms with Crippen LogP contribution >= 0.6 is 27.5 Å². The fourth-order valence-corrected chi connectivity index (χ4v) is 2.61. The van der Waals surface area contributed by atoms with Gasteiger partial charge in [-0.15, -0.1) is 0 Å². The second-order valence-electron chi connectivity index (χ2n) is 4.35. The Morgan fingerprint density at radius 1 is 1.40 bits per heavy atom. The fourth-order valence-electron chi connectivity index (χ4n) is 1.90. The molecule has 1 heterocycles. The molecule has 0 aliphatic carbocycles. The van der Waals surface area contributed by atoms with Crippen LogP contribution in [0.15, 0.2) is 41.0 Å². The molecule has 0 saturated heterocycles. The highest BCUT2D eigenvalue weighted by atomic mass is 79.9. The van der Waals surface area contributed by atoms with Crippen molar-refractivity contribution in [2.24, 2.45) is 0 Å². The number of pyridine rings is 1. The minimum atomic E-state index is 0.165. The second kappa shape index (κ2) is 7.07. The van der Waals surface area contributed by atoms with E-state index in [9.17, 15) is 0 Å². The van der Waals surface area contributed by atoms with E-state index in [1.807, 2.05) is 24.3 Å². The average Bonchev–Trinajstić information content (AvgIpc) is 2.43. The lowest BCUT2D eigenvalue weighted by Crippen LogP contribution is -2.18. The quantitative estimate of drug-likeness (QED) is 0.823. The van der Waals surface area contributed by atoms with Gasteiger partial charge in [-0.05, 0) is 37.7 Å². The first-order valence-electron chi connectivity index (χ1n) is 6.43. The Bertz CT molecular complexity index is 592. The van der Waals surface area contributed by atoms with Gasteiger partial charge >= 0.3 is 0 Å². The second-order valence-corrected chi connectivity index (χ2v) is 5.68. The summed E-state index contributed by atoms with van der Waals surface area (Å²) < 4.78 is 6.77. The Morgan fingerprint density at radius 2 is 2.20 bits per heavy atom. The van der Waals surface area contributed by atoms with Crippen LogP contribution in [-0.2, 0) is 0 Å². The van der Waals surface area contributed by atoms with E-state index < -0.39 is 0 Å². The summed E-state index contributed by atoms with van der Waals surface area (Å²) in [4.78, 5) is 4.31. The van der Waals surface area contributed by atoms with Crippen molar-refractivity contribution in [3.63, 3.8) is 0 Å². The highest BCUT2D eigenvalue weighted by Gasteiger charge is 2.13. The molecule has 0 bridgehead atoms. The van der Waals surface area contributed by atoms with Crippen molar-refractivity contribution < 1.29 is 4.74 Å². The normalized spacial score (nSPS) is 12.2. The third-order valence-electron chi connectivity index (χ3n) is 2.88. The summed E-state index contributed by atoms with van der Waals surface area (Å²) in [5.74, 6) is 1.17. The first-order chi connectivity index (χ1) is 9.61. The number of benzene rings is 1. The molecule has 1 atom stereocenters. The number of hydrogen-bond acceptors (Lipinski definition) is 3. The van der Waals surface area contributed by atoms with Gasteiger partial charge in [0, 0.05) is 22.3 Å². The molecule has 0 spiro atoms. The van der Waals surface area contributed by atoms with E-state index >= 15 is 0 Å². The zero-order valence-corrected chi connectivity index (χ0v) is 13.7. The molecule has 0 aliphatic rings. The molecule has 5 heteroatoms. The van der Waals surface area contributed by atoms with Crippen molar-refractivity contribution in [3.05, 3.63) is 51.6 Å². The summed E-state index contributed by atoms with van der Waals surface area (Å²) in [5, 5.41) is 3.90. The lowest BCUT2D eigenvalue weighted by atomic mass is 10.1.